The van der Waals surface area contributed by atoms with Crippen LogP contribution in [0.2, 0.25) is 0 Å². The summed E-state index contributed by atoms with van der Waals surface area (Å²) < 4.78 is 6.56. The van der Waals surface area contributed by atoms with E-state index in [1.54, 1.807) is 6.20 Å². The van der Waals surface area contributed by atoms with Crippen LogP contribution in [0.15, 0.2) is 42.6 Å². The molecule has 0 aliphatic rings. The van der Waals surface area contributed by atoms with Gasteiger partial charge in [-0.3, -0.25) is 0 Å². The molecule has 0 bridgehead atoms. The summed E-state index contributed by atoms with van der Waals surface area (Å²) in [6, 6.07) is 12.4. The lowest BCUT2D eigenvalue weighted by Crippen LogP contribution is -2.27. The van der Waals surface area contributed by atoms with Crippen LogP contribution in [0.25, 0.3) is 0 Å². The monoisotopic (exact) mass is 344 g/mol. The molecule has 1 aromatic carbocycles. The van der Waals surface area contributed by atoms with Gasteiger partial charge < -0.3 is 4.74 Å². The molecule has 0 aliphatic heterocycles. The topological polar surface area (TPSA) is 78.3 Å². The number of carbonyl (C=O) groups excluding carboxylic acids is 3. The smallest absolute Gasteiger partial charge is 0.435 e. The Morgan fingerprint density at radius 1 is 1.08 bits per heavy atom. The Morgan fingerprint density at radius 2 is 1.68 bits per heavy atom. The first-order valence-corrected chi connectivity index (χ1v) is 8.17. The highest BCUT2D eigenvalue weighted by molar-refractivity contribution is 5.69. The number of nitrogens with zero attached hydrogens (tertiary/aromatic N) is 2. The highest BCUT2D eigenvalue weighted by Crippen LogP contribution is 2.10. The lowest BCUT2D eigenvalue weighted by molar-refractivity contribution is -0.191. The van der Waals surface area contributed by atoms with Crippen molar-refractivity contribution in [1.29, 1.82) is 0 Å². The Hall–Kier alpha value is -2.72. The van der Waals surface area contributed by atoms with Crippen LogP contribution in [0, 0.1) is 0 Å². The molecule has 0 N–H and O–H groups in total. The summed E-state index contributed by atoms with van der Waals surface area (Å²) in [6.07, 6.45) is 5.61. The molecule has 0 saturated heterocycles. The molecule has 0 aliphatic carbocycles. The maximum atomic E-state index is 11.9. The molecule has 0 fully saturated rings. The molecule has 1 heterocycles. The number of ether oxygens (including phenoxy) is 1. The van der Waals surface area contributed by atoms with Crippen molar-refractivity contribution in [2.75, 3.05) is 0 Å². The molecule has 6 heteroatoms. The van der Waals surface area contributed by atoms with E-state index < -0.39 is 11.7 Å². The average molecular weight is 344 g/mol. The first kappa shape index (κ1) is 20.3. The zero-order chi connectivity index (χ0) is 18.7. The van der Waals surface area contributed by atoms with Crippen LogP contribution in [0.5, 0.6) is 0 Å². The minimum Gasteiger partial charge on any atom is -0.442 e. The van der Waals surface area contributed by atoms with Gasteiger partial charge in [-0.05, 0) is 58.1 Å². The summed E-state index contributed by atoms with van der Waals surface area (Å²) in [5, 5.41) is 4.28. The second kappa shape index (κ2) is 10.2. The van der Waals surface area contributed by atoms with Crippen LogP contribution in [0.4, 0.5) is 4.79 Å². The standard InChI is InChI=1S/C18H24N2O2.CO2/c1-18(2,3)22-17(21)20-14-13-16(19-20)12-8-7-11-15-9-5-4-6-10-15;2-1-3/h4-6,9-10,13-14H,7-8,11-12H2,1-3H3;. The summed E-state index contributed by atoms with van der Waals surface area (Å²) in [6.45, 7) is 5.54. The van der Waals surface area contributed by atoms with Crippen LogP contribution in [0.1, 0.15) is 44.9 Å². The quantitative estimate of drug-likeness (QED) is 0.774. The number of carbonyl (C=O) groups is 1. The molecule has 0 atom stereocenters. The van der Waals surface area contributed by atoms with Crippen LogP contribution >= 0.6 is 0 Å². The van der Waals surface area contributed by atoms with E-state index in [2.05, 4.69) is 29.4 Å². The van der Waals surface area contributed by atoms with E-state index in [-0.39, 0.29) is 6.15 Å². The molecule has 2 rings (SSSR count). The van der Waals surface area contributed by atoms with Crippen molar-refractivity contribution in [1.82, 2.24) is 9.78 Å². The highest BCUT2D eigenvalue weighted by Gasteiger charge is 2.18. The second-order valence-corrected chi connectivity index (χ2v) is 6.51. The zero-order valence-corrected chi connectivity index (χ0v) is 14.9. The molecular weight excluding hydrogens is 320 g/mol. The molecule has 0 unspecified atom stereocenters. The number of hydrogen-bond acceptors (Lipinski definition) is 5. The summed E-state index contributed by atoms with van der Waals surface area (Å²) >= 11 is 0. The largest absolute Gasteiger partial charge is 0.442 e. The van der Waals surface area contributed by atoms with Crippen LogP contribution in [0.3, 0.4) is 0 Å². The Labute approximate surface area is 147 Å². The number of aromatic nitrogens is 2. The third-order valence-electron chi connectivity index (χ3n) is 3.22. The molecule has 6 nitrogen and oxygen atoms in total. The van der Waals surface area contributed by atoms with E-state index in [0.29, 0.717) is 0 Å². The predicted molar refractivity (Wildman–Crippen MR) is 92.0 cm³/mol. The van der Waals surface area contributed by atoms with Gasteiger partial charge in [-0.2, -0.15) is 19.4 Å². The van der Waals surface area contributed by atoms with E-state index in [1.807, 2.05) is 32.9 Å². The molecular formula is C19H24N2O4. The van der Waals surface area contributed by atoms with Crippen molar-refractivity contribution in [3.05, 3.63) is 53.9 Å². The van der Waals surface area contributed by atoms with Gasteiger partial charge in [-0.1, -0.05) is 30.3 Å². The van der Waals surface area contributed by atoms with E-state index in [4.69, 9.17) is 14.3 Å². The van der Waals surface area contributed by atoms with Crippen molar-refractivity contribution in [2.24, 2.45) is 0 Å². The van der Waals surface area contributed by atoms with Crippen molar-refractivity contribution in [3.8, 4) is 0 Å². The van der Waals surface area contributed by atoms with Gasteiger partial charge in [0.2, 0.25) is 0 Å². The maximum absolute atomic E-state index is 11.9. The molecule has 0 spiro atoms. The molecule has 0 radical (unpaired) electrons. The van der Waals surface area contributed by atoms with Gasteiger partial charge >= 0.3 is 12.2 Å². The van der Waals surface area contributed by atoms with Crippen molar-refractivity contribution < 1.29 is 19.1 Å². The van der Waals surface area contributed by atoms with E-state index in [0.717, 1.165) is 31.4 Å². The van der Waals surface area contributed by atoms with Crippen molar-refractivity contribution in [2.45, 2.75) is 52.1 Å². The van der Waals surface area contributed by atoms with Crippen molar-refractivity contribution in [3.63, 3.8) is 0 Å². The van der Waals surface area contributed by atoms with Gasteiger partial charge in [0.15, 0.2) is 0 Å². The van der Waals surface area contributed by atoms with Crippen LogP contribution in [-0.4, -0.2) is 27.6 Å². The number of unbranched alkanes of at least 4 members (excludes halogenated alkanes) is 1. The van der Waals surface area contributed by atoms with Crippen LogP contribution < -0.4 is 0 Å². The molecule has 1 aromatic heterocycles. The second-order valence-electron chi connectivity index (χ2n) is 6.51. The molecule has 0 saturated carbocycles. The van der Waals surface area contributed by atoms with Gasteiger partial charge in [0, 0.05) is 6.20 Å². The van der Waals surface area contributed by atoms with Gasteiger partial charge in [0.05, 0.1) is 5.69 Å². The number of rotatable bonds is 5. The number of aryl methyl sites for hydroxylation is 2. The molecule has 0 amide bonds. The Kier molecular flexibility index (Phi) is 8.30. The lowest BCUT2D eigenvalue weighted by atomic mass is 10.1. The first-order chi connectivity index (χ1) is 11.9. The van der Waals surface area contributed by atoms with Gasteiger partial charge in [0.1, 0.15) is 5.60 Å². The fourth-order valence-corrected chi connectivity index (χ4v) is 2.19. The lowest BCUT2D eigenvalue weighted by Gasteiger charge is -2.18. The Morgan fingerprint density at radius 3 is 2.28 bits per heavy atom. The number of hydrogen-bond donors (Lipinski definition) is 0. The summed E-state index contributed by atoms with van der Waals surface area (Å²) in [4.78, 5) is 28.1. The van der Waals surface area contributed by atoms with Crippen molar-refractivity contribution >= 4 is 12.2 Å². The number of benzene rings is 1. The zero-order valence-electron chi connectivity index (χ0n) is 14.9. The van der Waals surface area contributed by atoms with E-state index in [9.17, 15) is 4.79 Å². The average Bonchev–Trinajstić information content (AvgIpc) is 3.01. The SMILES string of the molecule is CC(C)(C)OC(=O)n1ccc(CCCCc2ccccc2)n1.O=C=O. The Bertz CT molecular complexity index is 681. The van der Waals surface area contributed by atoms with Gasteiger partial charge in [-0.15, -0.1) is 0 Å². The Balaban J connectivity index is 0.000000970. The molecule has 25 heavy (non-hydrogen) atoms. The van der Waals surface area contributed by atoms with Crippen LogP contribution in [-0.2, 0) is 27.2 Å². The molecule has 134 valence electrons. The highest BCUT2D eigenvalue weighted by atomic mass is 16.6. The maximum Gasteiger partial charge on any atom is 0.435 e. The van der Waals surface area contributed by atoms with Gasteiger partial charge in [-0.25, -0.2) is 4.79 Å². The normalized spacial score (nSPS) is 10.4. The minimum absolute atomic E-state index is 0.250. The van der Waals surface area contributed by atoms with Gasteiger partial charge in [0.25, 0.3) is 0 Å². The summed E-state index contributed by atoms with van der Waals surface area (Å²) in [5.74, 6) is 0. The third kappa shape index (κ3) is 8.63. The fourth-order valence-electron chi connectivity index (χ4n) is 2.19. The summed E-state index contributed by atoms with van der Waals surface area (Å²) in [7, 11) is 0. The fraction of sp³-hybridized carbons (Fsp3) is 0.421. The van der Waals surface area contributed by atoms with E-state index in [1.165, 1.54) is 10.2 Å². The third-order valence-corrected chi connectivity index (χ3v) is 3.22. The minimum atomic E-state index is -0.501. The predicted octanol–water partition coefficient (Wildman–Crippen LogP) is 3.65. The first-order valence-electron chi connectivity index (χ1n) is 8.17. The van der Waals surface area contributed by atoms with E-state index >= 15 is 0 Å². The molecule has 2 aromatic rings. The summed E-state index contributed by atoms with van der Waals surface area (Å²) in [5.41, 5.74) is 1.79.